The lowest BCUT2D eigenvalue weighted by Gasteiger charge is -2.44. The Hall–Kier alpha value is -1.10. The fourth-order valence-corrected chi connectivity index (χ4v) is 1.59. The van der Waals surface area contributed by atoms with Crippen molar-refractivity contribution in [1.82, 2.24) is 10.6 Å². The van der Waals surface area contributed by atoms with E-state index in [1.807, 2.05) is 13.8 Å². The van der Waals surface area contributed by atoms with Gasteiger partial charge in [0.1, 0.15) is 6.04 Å². The fourth-order valence-electron chi connectivity index (χ4n) is 1.59. The number of methoxy groups -OCH3 is 1. The number of rotatable bonds is 3. The lowest BCUT2D eigenvalue weighted by Crippen LogP contribution is -2.66. The number of carbonyl (C=O) groups is 2. The summed E-state index contributed by atoms with van der Waals surface area (Å²) in [5.74, 6) is -0.579. The minimum absolute atomic E-state index is 0.0417. The highest BCUT2D eigenvalue weighted by atomic mass is 16.5. The van der Waals surface area contributed by atoms with Crippen molar-refractivity contribution in [3.8, 4) is 0 Å². The predicted molar refractivity (Wildman–Crippen MR) is 55.2 cm³/mol. The highest BCUT2D eigenvalue weighted by Gasteiger charge is 2.43. The highest BCUT2D eigenvalue weighted by Crippen LogP contribution is 2.27. The van der Waals surface area contributed by atoms with Gasteiger partial charge < -0.3 is 15.4 Å². The zero-order chi connectivity index (χ0) is 11.6. The Kier molecular flexibility index (Phi) is 3.34. The molecule has 5 nitrogen and oxygen atoms in total. The molecule has 0 radical (unpaired) electrons. The van der Waals surface area contributed by atoms with E-state index in [1.54, 1.807) is 6.92 Å². The molecule has 5 heteroatoms. The van der Waals surface area contributed by atoms with E-state index < -0.39 is 12.0 Å². The van der Waals surface area contributed by atoms with E-state index in [1.165, 1.54) is 7.11 Å². The molecule has 2 unspecified atom stereocenters. The van der Waals surface area contributed by atoms with Crippen molar-refractivity contribution < 1.29 is 14.3 Å². The molecule has 2 atom stereocenters. The van der Waals surface area contributed by atoms with Crippen molar-refractivity contribution in [3.05, 3.63) is 0 Å². The summed E-state index contributed by atoms with van der Waals surface area (Å²) >= 11 is 0. The number of hydrogen-bond donors (Lipinski definition) is 2. The van der Waals surface area contributed by atoms with Gasteiger partial charge in [-0.3, -0.25) is 4.79 Å². The fraction of sp³-hybridized carbons (Fsp3) is 0.800. The van der Waals surface area contributed by atoms with E-state index in [2.05, 4.69) is 15.4 Å². The molecule has 0 aliphatic carbocycles. The first kappa shape index (κ1) is 12.0. The standard InChI is InChI=1S/C10H18N2O3/c1-6(9(14)15-4)12-8(13)7-10(2,3)5-11-7/h6-7,11H,5H2,1-4H3,(H,12,13). The number of amides is 1. The van der Waals surface area contributed by atoms with E-state index in [0.29, 0.717) is 0 Å². The molecule has 2 N–H and O–H groups in total. The van der Waals surface area contributed by atoms with Crippen LogP contribution < -0.4 is 10.6 Å². The Morgan fingerprint density at radius 1 is 1.53 bits per heavy atom. The van der Waals surface area contributed by atoms with E-state index in [4.69, 9.17) is 0 Å². The van der Waals surface area contributed by atoms with E-state index in [-0.39, 0.29) is 17.4 Å². The van der Waals surface area contributed by atoms with Gasteiger partial charge in [0, 0.05) is 12.0 Å². The summed E-state index contributed by atoms with van der Waals surface area (Å²) in [5, 5.41) is 5.65. The van der Waals surface area contributed by atoms with Crippen molar-refractivity contribution in [3.63, 3.8) is 0 Å². The largest absolute Gasteiger partial charge is 0.467 e. The maximum absolute atomic E-state index is 11.7. The number of ether oxygens (including phenoxy) is 1. The average Bonchev–Trinajstić information content (AvgIpc) is 2.14. The molecule has 15 heavy (non-hydrogen) atoms. The van der Waals surface area contributed by atoms with Gasteiger partial charge in [-0.15, -0.1) is 0 Å². The molecule has 0 bridgehead atoms. The lowest BCUT2D eigenvalue weighted by molar-refractivity contribution is -0.145. The summed E-state index contributed by atoms with van der Waals surface area (Å²) in [5.41, 5.74) is -0.0417. The summed E-state index contributed by atoms with van der Waals surface area (Å²) in [6.07, 6.45) is 0. The molecule has 1 fully saturated rings. The van der Waals surface area contributed by atoms with Crippen LogP contribution in [0, 0.1) is 5.41 Å². The topological polar surface area (TPSA) is 67.4 Å². The molecular weight excluding hydrogens is 196 g/mol. The molecule has 0 aromatic carbocycles. The van der Waals surface area contributed by atoms with Crippen LogP contribution in [0.3, 0.4) is 0 Å². The second-order valence-electron chi connectivity index (χ2n) is 4.56. The van der Waals surface area contributed by atoms with E-state index >= 15 is 0 Å². The van der Waals surface area contributed by atoms with Gasteiger partial charge in [-0.05, 0) is 6.92 Å². The number of hydrogen-bond acceptors (Lipinski definition) is 4. The van der Waals surface area contributed by atoms with Crippen LogP contribution in [0.1, 0.15) is 20.8 Å². The monoisotopic (exact) mass is 214 g/mol. The Morgan fingerprint density at radius 2 is 2.13 bits per heavy atom. The third-order valence-corrected chi connectivity index (χ3v) is 2.72. The first-order chi connectivity index (χ1) is 6.88. The van der Waals surface area contributed by atoms with Crippen molar-refractivity contribution in [2.24, 2.45) is 5.41 Å². The van der Waals surface area contributed by atoms with Gasteiger partial charge in [-0.1, -0.05) is 13.8 Å². The van der Waals surface area contributed by atoms with Gasteiger partial charge in [0.25, 0.3) is 0 Å². The minimum Gasteiger partial charge on any atom is -0.467 e. The van der Waals surface area contributed by atoms with Crippen LogP contribution in [0.25, 0.3) is 0 Å². The summed E-state index contributed by atoms with van der Waals surface area (Å²) < 4.78 is 4.52. The van der Waals surface area contributed by atoms with Crippen molar-refractivity contribution in [2.75, 3.05) is 13.7 Å². The molecule has 1 amide bonds. The molecule has 1 aliphatic rings. The van der Waals surface area contributed by atoms with Gasteiger partial charge in [0.2, 0.25) is 5.91 Å². The van der Waals surface area contributed by atoms with Crippen LogP contribution in [-0.4, -0.2) is 37.6 Å². The number of carbonyl (C=O) groups excluding carboxylic acids is 2. The Labute approximate surface area is 89.6 Å². The van der Waals surface area contributed by atoms with Gasteiger partial charge in [-0.2, -0.15) is 0 Å². The summed E-state index contributed by atoms with van der Waals surface area (Å²) in [6, 6.07) is -0.815. The molecule has 1 aliphatic heterocycles. The molecule has 0 spiro atoms. The SMILES string of the molecule is COC(=O)C(C)NC(=O)C1NCC1(C)C. The molecule has 0 saturated carbocycles. The van der Waals surface area contributed by atoms with Crippen molar-refractivity contribution in [1.29, 1.82) is 0 Å². The molecule has 0 aromatic heterocycles. The first-order valence-corrected chi connectivity index (χ1v) is 5.00. The molecule has 86 valence electrons. The maximum Gasteiger partial charge on any atom is 0.328 e. The van der Waals surface area contributed by atoms with Gasteiger partial charge >= 0.3 is 5.97 Å². The van der Waals surface area contributed by atoms with Crippen LogP contribution in [-0.2, 0) is 14.3 Å². The second-order valence-corrected chi connectivity index (χ2v) is 4.56. The van der Waals surface area contributed by atoms with E-state index in [0.717, 1.165) is 6.54 Å². The molecule has 0 aromatic rings. The Bertz CT molecular complexity index is 276. The molecule has 1 saturated heterocycles. The van der Waals surface area contributed by atoms with Crippen LogP contribution in [0.4, 0.5) is 0 Å². The minimum atomic E-state index is -0.597. The molecule has 1 rings (SSSR count). The smallest absolute Gasteiger partial charge is 0.328 e. The zero-order valence-corrected chi connectivity index (χ0v) is 9.59. The second kappa shape index (κ2) is 4.18. The molecular formula is C10H18N2O3. The van der Waals surface area contributed by atoms with Crippen LogP contribution in [0.5, 0.6) is 0 Å². The predicted octanol–water partition coefficient (Wildman–Crippen LogP) is -0.338. The summed E-state index contributed by atoms with van der Waals surface area (Å²) in [4.78, 5) is 22.8. The van der Waals surface area contributed by atoms with Crippen molar-refractivity contribution in [2.45, 2.75) is 32.9 Å². The Morgan fingerprint density at radius 3 is 2.47 bits per heavy atom. The normalized spacial score (nSPS) is 24.9. The maximum atomic E-state index is 11.7. The number of esters is 1. The first-order valence-electron chi connectivity index (χ1n) is 5.00. The van der Waals surface area contributed by atoms with Crippen LogP contribution >= 0.6 is 0 Å². The Balaban J connectivity index is 2.46. The van der Waals surface area contributed by atoms with Gasteiger partial charge in [0.05, 0.1) is 13.2 Å². The molecule has 1 heterocycles. The van der Waals surface area contributed by atoms with Crippen LogP contribution in [0.15, 0.2) is 0 Å². The number of nitrogens with one attached hydrogen (secondary N) is 2. The lowest BCUT2D eigenvalue weighted by atomic mass is 9.77. The van der Waals surface area contributed by atoms with Gasteiger partial charge in [-0.25, -0.2) is 4.79 Å². The van der Waals surface area contributed by atoms with Gasteiger partial charge in [0.15, 0.2) is 0 Å². The highest BCUT2D eigenvalue weighted by molar-refractivity contribution is 5.88. The van der Waals surface area contributed by atoms with Crippen LogP contribution in [0.2, 0.25) is 0 Å². The van der Waals surface area contributed by atoms with E-state index in [9.17, 15) is 9.59 Å². The summed E-state index contributed by atoms with van der Waals surface area (Å²) in [6.45, 7) is 6.44. The third kappa shape index (κ3) is 2.47. The zero-order valence-electron chi connectivity index (χ0n) is 9.59. The van der Waals surface area contributed by atoms with Crippen molar-refractivity contribution >= 4 is 11.9 Å². The third-order valence-electron chi connectivity index (χ3n) is 2.72. The average molecular weight is 214 g/mol. The summed E-state index contributed by atoms with van der Waals surface area (Å²) in [7, 11) is 1.30. The quantitative estimate of drug-likeness (QED) is 0.631.